The van der Waals surface area contributed by atoms with Gasteiger partial charge in [0.25, 0.3) is 0 Å². The number of hydrogen-bond acceptors (Lipinski definition) is 3. The third-order valence-electron chi connectivity index (χ3n) is 4.77. The third kappa shape index (κ3) is 3.53. The van der Waals surface area contributed by atoms with Crippen LogP contribution in [-0.2, 0) is 15.1 Å². The van der Waals surface area contributed by atoms with Crippen LogP contribution in [0.5, 0.6) is 0 Å². The summed E-state index contributed by atoms with van der Waals surface area (Å²) in [7, 11) is 0. The van der Waals surface area contributed by atoms with E-state index in [1.165, 1.54) is 5.56 Å². The average molecular weight is 367 g/mol. The van der Waals surface area contributed by atoms with E-state index in [4.69, 9.17) is 4.74 Å². The molecule has 3 rings (SSSR count). The lowest BCUT2D eigenvalue weighted by Crippen LogP contribution is -2.53. The first kappa shape index (κ1) is 16.0. The minimum atomic E-state index is -0.284. The molecule has 0 radical (unpaired) electrons. The monoisotopic (exact) mass is 366 g/mol. The summed E-state index contributed by atoms with van der Waals surface area (Å²) in [5, 5.41) is 6.68. The molecule has 0 aliphatic carbocycles. The normalized spacial score (nSPS) is 24.7. The van der Waals surface area contributed by atoms with Gasteiger partial charge in [-0.25, -0.2) is 0 Å². The first-order valence-corrected chi connectivity index (χ1v) is 8.85. The maximum atomic E-state index is 12.7. The molecule has 4 nitrogen and oxygen atoms in total. The second-order valence-electron chi connectivity index (χ2n) is 6.23. The van der Waals surface area contributed by atoms with E-state index in [-0.39, 0.29) is 17.4 Å². The molecule has 0 bridgehead atoms. The Labute approximate surface area is 140 Å². The van der Waals surface area contributed by atoms with Crippen molar-refractivity contribution in [3.8, 4) is 0 Å². The van der Waals surface area contributed by atoms with Crippen molar-refractivity contribution in [2.45, 2.75) is 31.2 Å². The van der Waals surface area contributed by atoms with Gasteiger partial charge in [0.05, 0.1) is 11.5 Å². The number of carbonyl (C=O) groups is 1. The van der Waals surface area contributed by atoms with Gasteiger partial charge in [-0.15, -0.1) is 0 Å². The Kier molecular flexibility index (Phi) is 5.16. The Balaban J connectivity index is 1.79. The van der Waals surface area contributed by atoms with Crippen LogP contribution in [0.4, 0.5) is 0 Å². The zero-order valence-corrected chi connectivity index (χ0v) is 14.3. The minimum absolute atomic E-state index is 0.0870. The zero-order valence-electron chi connectivity index (χ0n) is 12.7. The van der Waals surface area contributed by atoms with Crippen LogP contribution in [0.15, 0.2) is 28.7 Å². The van der Waals surface area contributed by atoms with E-state index in [1.807, 2.05) is 12.1 Å². The van der Waals surface area contributed by atoms with Crippen LogP contribution in [0.3, 0.4) is 0 Å². The Hall–Kier alpha value is -0.910. The molecule has 0 spiro atoms. The molecule has 1 amide bonds. The second kappa shape index (κ2) is 7.11. The van der Waals surface area contributed by atoms with Crippen LogP contribution in [0.2, 0.25) is 0 Å². The van der Waals surface area contributed by atoms with Crippen LogP contribution in [0, 0.1) is 5.92 Å². The van der Waals surface area contributed by atoms with Gasteiger partial charge in [0.15, 0.2) is 0 Å². The van der Waals surface area contributed by atoms with Crippen LogP contribution in [0.25, 0.3) is 0 Å². The summed E-state index contributed by atoms with van der Waals surface area (Å²) in [6, 6.07) is 8.30. The van der Waals surface area contributed by atoms with E-state index in [2.05, 4.69) is 38.7 Å². The Morgan fingerprint density at radius 3 is 2.64 bits per heavy atom. The molecule has 2 fully saturated rings. The van der Waals surface area contributed by atoms with Crippen molar-refractivity contribution in [2.75, 3.05) is 26.3 Å². The Bertz CT molecular complexity index is 506. The molecule has 2 saturated heterocycles. The van der Waals surface area contributed by atoms with E-state index in [9.17, 15) is 4.79 Å². The van der Waals surface area contributed by atoms with E-state index in [0.29, 0.717) is 13.2 Å². The minimum Gasteiger partial charge on any atom is -0.381 e. The number of nitrogens with one attached hydrogen (secondary N) is 2. The zero-order chi connectivity index (χ0) is 15.4. The number of benzene rings is 1. The Morgan fingerprint density at radius 2 is 2.00 bits per heavy atom. The summed E-state index contributed by atoms with van der Waals surface area (Å²) in [4.78, 5) is 12.7. The number of halogens is 1. The highest BCUT2D eigenvalue weighted by Gasteiger charge is 2.37. The van der Waals surface area contributed by atoms with E-state index in [0.717, 1.165) is 43.2 Å². The highest BCUT2D eigenvalue weighted by Crippen LogP contribution is 2.33. The second-order valence-corrected chi connectivity index (χ2v) is 7.15. The number of rotatable bonds is 3. The predicted octanol–water partition coefficient (Wildman–Crippen LogP) is 2.57. The lowest BCUT2D eigenvalue weighted by molar-refractivity contribution is -0.129. The fraction of sp³-hybridized carbons (Fsp3) is 0.588. The van der Waals surface area contributed by atoms with Gasteiger partial charge < -0.3 is 15.4 Å². The van der Waals surface area contributed by atoms with Gasteiger partial charge in [-0.05, 0) is 49.9 Å². The molecule has 2 N–H and O–H groups in total. The van der Waals surface area contributed by atoms with Crippen molar-refractivity contribution >= 4 is 21.8 Å². The maximum Gasteiger partial charge on any atom is 0.225 e. The first-order chi connectivity index (χ1) is 10.7. The SMILES string of the molecule is O=C(NC1(c2ccc(Br)cc2)CCOCC1)C1CCCNC1. The van der Waals surface area contributed by atoms with Crippen LogP contribution >= 0.6 is 15.9 Å². The van der Waals surface area contributed by atoms with Crippen molar-refractivity contribution in [1.29, 1.82) is 0 Å². The smallest absolute Gasteiger partial charge is 0.225 e. The summed E-state index contributed by atoms with van der Waals surface area (Å²) in [5.74, 6) is 0.265. The predicted molar refractivity (Wildman–Crippen MR) is 89.6 cm³/mol. The molecular weight excluding hydrogens is 344 g/mol. The molecule has 2 aliphatic heterocycles. The molecule has 120 valence electrons. The standard InChI is InChI=1S/C17H23BrN2O2/c18-15-5-3-14(4-6-15)17(7-10-22-11-8-17)20-16(21)13-2-1-9-19-12-13/h3-6,13,19H,1-2,7-12H2,(H,20,21). The van der Waals surface area contributed by atoms with Gasteiger partial charge >= 0.3 is 0 Å². The number of hydrogen-bond donors (Lipinski definition) is 2. The van der Waals surface area contributed by atoms with E-state index >= 15 is 0 Å². The highest BCUT2D eigenvalue weighted by molar-refractivity contribution is 9.10. The van der Waals surface area contributed by atoms with Gasteiger partial charge in [0.1, 0.15) is 0 Å². The van der Waals surface area contributed by atoms with Crippen molar-refractivity contribution in [2.24, 2.45) is 5.92 Å². The molecule has 1 aromatic carbocycles. The van der Waals surface area contributed by atoms with Crippen LogP contribution < -0.4 is 10.6 Å². The molecule has 22 heavy (non-hydrogen) atoms. The Morgan fingerprint density at radius 1 is 1.27 bits per heavy atom. The van der Waals surface area contributed by atoms with Crippen molar-refractivity contribution < 1.29 is 9.53 Å². The summed E-state index contributed by atoms with van der Waals surface area (Å²) in [6.07, 6.45) is 3.72. The van der Waals surface area contributed by atoms with Gasteiger partial charge in [-0.1, -0.05) is 28.1 Å². The van der Waals surface area contributed by atoms with Gasteiger partial charge in [0, 0.05) is 24.2 Å². The molecule has 2 aliphatic rings. The fourth-order valence-electron chi connectivity index (χ4n) is 3.39. The number of ether oxygens (including phenoxy) is 1. The largest absolute Gasteiger partial charge is 0.381 e. The highest BCUT2D eigenvalue weighted by atomic mass is 79.9. The van der Waals surface area contributed by atoms with Crippen molar-refractivity contribution in [1.82, 2.24) is 10.6 Å². The summed E-state index contributed by atoms with van der Waals surface area (Å²) in [6.45, 7) is 3.20. The molecule has 0 aromatic heterocycles. The lowest BCUT2D eigenvalue weighted by atomic mass is 9.82. The summed E-state index contributed by atoms with van der Waals surface area (Å²) < 4.78 is 6.58. The number of carbonyl (C=O) groups excluding carboxylic acids is 1. The molecule has 1 unspecified atom stereocenters. The van der Waals surface area contributed by atoms with Crippen molar-refractivity contribution in [3.05, 3.63) is 34.3 Å². The van der Waals surface area contributed by atoms with Gasteiger partial charge in [0.2, 0.25) is 5.91 Å². The molecule has 1 aromatic rings. The summed E-state index contributed by atoms with van der Waals surface area (Å²) in [5.41, 5.74) is 0.893. The lowest BCUT2D eigenvalue weighted by Gasteiger charge is -2.40. The number of amides is 1. The van der Waals surface area contributed by atoms with E-state index in [1.54, 1.807) is 0 Å². The van der Waals surface area contributed by atoms with Gasteiger partial charge in [-0.2, -0.15) is 0 Å². The first-order valence-electron chi connectivity index (χ1n) is 8.06. The van der Waals surface area contributed by atoms with E-state index < -0.39 is 0 Å². The average Bonchev–Trinajstić information content (AvgIpc) is 2.57. The molecule has 5 heteroatoms. The van der Waals surface area contributed by atoms with Crippen molar-refractivity contribution in [3.63, 3.8) is 0 Å². The van der Waals surface area contributed by atoms with Crippen LogP contribution in [0.1, 0.15) is 31.2 Å². The molecule has 2 heterocycles. The van der Waals surface area contributed by atoms with Gasteiger partial charge in [-0.3, -0.25) is 4.79 Å². The fourth-order valence-corrected chi connectivity index (χ4v) is 3.65. The topological polar surface area (TPSA) is 50.4 Å². The molecule has 0 saturated carbocycles. The van der Waals surface area contributed by atoms with Crippen LogP contribution in [-0.4, -0.2) is 32.2 Å². The molecular formula is C17H23BrN2O2. The molecule has 1 atom stereocenters. The quantitative estimate of drug-likeness (QED) is 0.864. The summed E-state index contributed by atoms with van der Waals surface area (Å²) >= 11 is 3.48. The number of piperidine rings is 1. The third-order valence-corrected chi connectivity index (χ3v) is 5.30. The maximum absolute atomic E-state index is 12.7.